The largest absolute Gasteiger partial charge is 0.0842 e. The van der Waals surface area contributed by atoms with Crippen LogP contribution in [0.3, 0.4) is 0 Å². The van der Waals surface area contributed by atoms with Crippen molar-refractivity contribution in [1.82, 2.24) is 0 Å². The first-order chi connectivity index (χ1) is 8.88. The lowest BCUT2D eigenvalue weighted by Crippen LogP contribution is -1.80. The van der Waals surface area contributed by atoms with Crippen molar-refractivity contribution in [1.29, 1.82) is 0 Å². The number of hydrogen-bond acceptors (Lipinski definition) is 0. The normalized spacial score (nSPS) is 11.6. The van der Waals surface area contributed by atoms with E-state index in [2.05, 4.69) is 73.7 Å². The number of rotatable bonds is 2. The highest BCUT2D eigenvalue weighted by atomic mass is 14.0. The van der Waals surface area contributed by atoms with Crippen LogP contribution in [-0.2, 0) is 0 Å². The average Bonchev–Trinajstić information content (AvgIpc) is 2.43. The first-order valence-electron chi connectivity index (χ1n) is 6.46. The van der Waals surface area contributed by atoms with Gasteiger partial charge in [-0.1, -0.05) is 61.5 Å². The van der Waals surface area contributed by atoms with Crippen LogP contribution in [0.15, 0.2) is 60.7 Å². The molecule has 88 valence electrons. The van der Waals surface area contributed by atoms with Crippen LogP contribution in [0.2, 0.25) is 0 Å². The van der Waals surface area contributed by atoms with Gasteiger partial charge in [0.15, 0.2) is 0 Å². The fourth-order valence-corrected chi connectivity index (χ4v) is 2.38. The van der Waals surface area contributed by atoms with E-state index in [9.17, 15) is 0 Å². The van der Waals surface area contributed by atoms with Gasteiger partial charge in [-0.15, -0.1) is 0 Å². The molecular formula is C18H16. The van der Waals surface area contributed by atoms with Crippen molar-refractivity contribution in [3.63, 3.8) is 0 Å². The molecule has 0 saturated carbocycles. The minimum absolute atomic E-state index is 1.07. The van der Waals surface area contributed by atoms with E-state index in [1.807, 2.05) is 0 Å². The van der Waals surface area contributed by atoms with Crippen molar-refractivity contribution in [2.24, 2.45) is 0 Å². The maximum atomic E-state index is 2.29. The molecule has 3 rings (SSSR count). The maximum absolute atomic E-state index is 2.29. The number of hydrogen-bond donors (Lipinski definition) is 0. The van der Waals surface area contributed by atoms with E-state index < -0.39 is 0 Å². The summed E-state index contributed by atoms with van der Waals surface area (Å²) in [6, 6.07) is 19.6. The molecule has 18 heavy (non-hydrogen) atoms. The second-order valence-corrected chi connectivity index (χ2v) is 4.58. The Morgan fingerprint density at radius 2 is 1.56 bits per heavy atom. The fraction of sp³-hybridized carbons (Fsp3) is 0.111. The molecule has 0 bridgehead atoms. The van der Waals surface area contributed by atoms with Crippen LogP contribution in [0.4, 0.5) is 0 Å². The van der Waals surface area contributed by atoms with Crippen molar-refractivity contribution in [3.05, 3.63) is 66.2 Å². The Bertz CT molecular complexity index is 720. The Labute approximate surface area is 108 Å². The summed E-state index contributed by atoms with van der Waals surface area (Å²) in [6.45, 7) is 2.16. The molecule has 3 aromatic rings. The summed E-state index contributed by atoms with van der Waals surface area (Å²) in [5.41, 5.74) is 1.31. The van der Waals surface area contributed by atoms with Gasteiger partial charge in [0.25, 0.3) is 0 Å². The van der Waals surface area contributed by atoms with Crippen molar-refractivity contribution in [3.8, 4) is 0 Å². The van der Waals surface area contributed by atoms with Gasteiger partial charge in [0.05, 0.1) is 0 Å². The molecule has 0 aliphatic carbocycles. The molecule has 0 spiro atoms. The molecule has 0 aromatic heterocycles. The first-order valence-corrected chi connectivity index (χ1v) is 6.46. The molecule has 3 aromatic carbocycles. The molecule has 0 nitrogen and oxygen atoms in total. The molecule has 0 N–H and O–H groups in total. The Kier molecular flexibility index (Phi) is 2.85. The third-order valence-electron chi connectivity index (χ3n) is 3.31. The Balaban J connectivity index is 2.32. The van der Waals surface area contributed by atoms with E-state index >= 15 is 0 Å². The van der Waals surface area contributed by atoms with Crippen LogP contribution < -0.4 is 0 Å². The Morgan fingerprint density at radius 1 is 0.833 bits per heavy atom. The van der Waals surface area contributed by atoms with Gasteiger partial charge in [0.1, 0.15) is 0 Å². The van der Waals surface area contributed by atoms with E-state index in [4.69, 9.17) is 0 Å². The second-order valence-electron chi connectivity index (χ2n) is 4.58. The molecule has 0 fully saturated rings. The zero-order valence-electron chi connectivity index (χ0n) is 10.6. The molecule has 0 heterocycles. The minimum atomic E-state index is 1.07. The monoisotopic (exact) mass is 232 g/mol. The second kappa shape index (κ2) is 4.66. The zero-order valence-corrected chi connectivity index (χ0v) is 10.6. The predicted octanol–water partition coefficient (Wildman–Crippen LogP) is 5.42. The first kappa shape index (κ1) is 11.0. The average molecular weight is 232 g/mol. The Morgan fingerprint density at radius 3 is 2.33 bits per heavy atom. The van der Waals surface area contributed by atoms with Crippen LogP contribution >= 0.6 is 0 Å². The van der Waals surface area contributed by atoms with E-state index in [1.165, 1.54) is 27.1 Å². The van der Waals surface area contributed by atoms with Gasteiger partial charge in [0.2, 0.25) is 0 Å². The summed E-state index contributed by atoms with van der Waals surface area (Å²) in [6.07, 6.45) is 5.50. The van der Waals surface area contributed by atoms with Gasteiger partial charge in [-0.2, -0.15) is 0 Å². The zero-order chi connectivity index (χ0) is 12.4. The topological polar surface area (TPSA) is 0 Å². The summed E-state index contributed by atoms with van der Waals surface area (Å²) < 4.78 is 0. The summed E-state index contributed by atoms with van der Waals surface area (Å²) >= 11 is 0. The molecule has 0 unspecified atom stereocenters. The lowest BCUT2D eigenvalue weighted by molar-refractivity contribution is 1.23. The van der Waals surface area contributed by atoms with Gasteiger partial charge >= 0.3 is 0 Å². The number of benzene rings is 3. The fourth-order valence-electron chi connectivity index (χ4n) is 2.38. The highest BCUT2D eigenvalue weighted by Gasteiger charge is 2.00. The summed E-state index contributed by atoms with van der Waals surface area (Å²) in [4.78, 5) is 0. The lowest BCUT2D eigenvalue weighted by Gasteiger charge is -2.05. The van der Waals surface area contributed by atoms with Gasteiger partial charge in [-0.05, 0) is 45.7 Å². The standard InChI is InChI=1S/C18H16/c1-2-3-7-14-10-6-11-17-12-15-8-4-5-9-16(15)13-18(14)17/h3-13H,2H2,1H3. The van der Waals surface area contributed by atoms with Crippen LogP contribution in [0.5, 0.6) is 0 Å². The highest BCUT2D eigenvalue weighted by molar-refractivity contribution is 6.01. The highest BCUT2D eigenvalue weighted by Crippen LogP contribution is 2.26. The van der Waals surface area contributed by atoms with E-state index in [-0.39, 0.29) is 0 Å². The molecule has 0 radical (unpaired) electrons. The van der Waals surface area contributed by atoms with Gasteiger partial charge in [-0.3, -0.25) is 0 Å². The predicted molar refractivity (Wildman–Crippen MR) is 80.8 cm³/mol. The van der Waals surface area contributed by atoms with Crippen molar-refractivity contribution >= 4 is 27.6 Å². The maximum Gasteiger partial charge on any atom is -0.0105 e. The third kappa shape index (κ3) is 1.91. The van der Waals surface area contributed by atoms with Crippen molar-refractivity contribution in [2.75, 3.05) is 0 Å². The smallest absolute Gasteiger partial charge is 0.0105 e. The number of fused-ring (bicyclic) bond motifs is 2. The van der Waals surface area contributed by atoms with Crippen molar-refractivity contribution in [2.45, 2.75) is 13.3 Å². The summed E-state index contributed by atoms with van der Waals surface area (Å²) in [5, 5.41) is 5.26. The SMILES string of the molecule is CCC=Cc1cccc2cc3ccccc3cc12. The van der Waals surface area contributed by atoms with Crippen molar-refractivity contribution < 1.29 is 0 Å². The molecule has 0 saturated heterocycles. The van der Waals surface area contributed by atoms with Gasteiger partial charge in [-0.25, -0.2) is 0 Å². The Hall–Kier alpha value is -2.08. The number of allylic oxidation sites excluding steroid dienone is 1. The van der Waals surface area contributed by atoms with Gasteiger partial charge in [0, 0.05) is 0 Å². The summed E-state index contributed by atoms with van der Waals surface area (Å²) in [7, 11) is 0. The molecule has 0 atom stereocenters. The lowest BCUT2D eigenvalue weighted by atomic mass is 9.99. The molecule has 0 heteroatoms. The molecule has 0 amide bonds. The van der Waals surface area contributed by atoms with E-state index in [0.29, 0.717) is 0 Å². The third-order valence-corrected chi connectivity index (χ3v) is 3.31. The molecule has 0 aliphatic rings. The van der Waals surface area contributed by atoms with E-state index in [0.717, 1.165) is 6.42 Å². The summed E-state index contributed by atoms with van der Waals surface area (Å²) in [5.74, 6) is 0. The van der Waals surface area contributed by atoms with E-state index in [1.54, 1.807) is 0 Å². The minimum Gasteiger partial charge on any atom is -0.0842 e. The van der Waals surface area contributed by atoms with Crippen LogP contribution in [-0.4, -0.2) is 0 Å². The quantitative estimate of drug-likeness (QED) is 0.518. The molecular weight excluding hydrogens is 216 g/mol. The van der Waals surface area contributed by atoms with Crippen LogP contribution in [0.25, 0.3) is 27.6 Å². The van der Waals surface area contributed by atoms with Gasteiger partial charge < -0.3 is 0 Å². The van der Waals surface area contributed by atoms with Crippen LogP contribution in [0, 0.1) is 0 Å². The molecule has 0 aliphatic heterocycles. The van der Waals surface area contributed by atoms with Crippen LogP contribution in [0.1, 0.15) is 18.9 Å².